The molecule has 0 aliphatic carbocycles. The lowest BCUT2D eigenvalue weighted by Gasteiger charge is -2.13. The molecule has 0 fully saturated rings. The number of hydrogen-bond acceptors (Lipinski definition) is 3. The van der Waals surface area contributed by atoms with E-state index >= 15 is 0 Å². The first-order valence-corrected chi connectivity index (χ1v) is 8.43. The van der Waals surface area contributed by atoms with Crippen molar-refractivity contribution in [3.8, 4) is 0 Å². The fourth-order valence-electron chi connectivity index (χ4n) is 2.54. The normalized spacial score (nSPS) is 11.8. The van der Waals surface area contributed by atoms with E-state index in [1.165, 1.54) is 0 Å². The van der Waals surface area contributed by atoms with Gasteiger partial charge in [-0.3, -0.25) is 4.68 Å². The maximum atomic E-state index is 12.4. The standard InChI is InChI=1S/C15H21N3O2S/c1-12-10-13(2)15(14(3)11-12)21(19,20)17-7-5-9-18-8-4-6-16-18/h4,6,8,10-11,17H,5,7,9H2,1-3H3. The molecule has 6 heteroatoms. The molecule has 1 heterocycles. The molecule has 0 aliphatic heterocycles. The summed E-state index contributed by atoms with van der Waals surface area (Å²) in [5.41, 5.74) is 2.64. The van der Waals surface area contributed by atoms with E-state index in [0.29, 0.717) is 24.4 Å². The zero-order valence-corrected chi connectivity index (χ0v) is 13.4. The van der Waals surface area contributed by atoms with E-state index in [0.717, 1.165) is 16.7 Å². The van der Waals surface area contributed by atoms with Crippen molar-refractivity contribution >= 4 is 10.0 Å². The first kappa shape index (κ1) is 15.7. The average molecular weight is 307 g/mol. The molecule has 0 amide bonds. The van der Waals surface area contributed by atoms with Gasteiger partial charge >= 0.3 is 0 Å². The van der Waals surface area contributed by atoms with Gasteiger partial charge in [0.15, 0.2) is 0 Å². The van der Waals surface area contributed by atoms with Gasteiger partial charge in [-0.2, -0.15) is 5.10 Å². The van der Waals surface area contributed by atoms with Gasteiger partial charge in [0.2, 0.25) is 10.0 Å². The maximum Gasteiger partial charge on any atom is 0.241 e. The molecular weight excluding hydrogens is 286 g/mol. The monoisotopic (exact) mass is 307 g/mol. The van der Waals surface area contributed by atoms with Crippen LogP contribution in [0.3, 0.4) is 0 Å². The molecular formula is C15H21N3O2S. The number of hydrogen-bond donors (Lipinski definition) is 1. The van der Waals surface area contributed by atoms with Gasteiger partial charge in [-0.05, 0) is 44.4 Å². The summed E-state index contributed by atoms with van der Waals surface area (Å²) in [5, 5.41) is 4.09. The molecule has 0 saturated heterocycles. The molecule has 0 aliphatic rings. The van der Waals surface area contributed by atoms with Crippen LogP contribution in [0.4, 0.5) is 0 Å². The average Bonchev–Trinajstić information content (AvgIpc) is 2.86. The number of benzene rings is 1. The predicted octanol–water partition coefficient (Wildman–Crippen LogP) is 2.18. The number of sulfonamides is 1. The lowest BCUT2D eigenvalue weighted by atomic mass is 10.1. The van der Waals surface area contributed by atoms with Crippen LogP contribution in [-0.4, -0.2) is 24.7 Å². The van der Waals surface area contributed by atoms with E-state index in [4.69, 9.17) is 0 Å². The van der Waals surface area contributed by atoms with Gasteiger partial charge in [0.05, 0.1) is 4.90 Å². The van der Waals surface area contributed by atoms with Gasteiger partial charge in [0.1, 0.15) is 0 Å². The van der Waals surface area contributed by atoms with Crippen molar-refractivity contribution in [2.75, 3.05) is 6.54 Å². The quantitative estimate of drug-likeness (QED) is 0.832. The van der Waals surface area contributed by atoms with Crippen molar-refractivity contribution in [1.29, 1.82) is 0 Å². The summed E-state index contributed by atoms with van der Waals surface area (Å²) in [7, 11) is -3.46. The van der Waals surface area contributed by atoms with Crippen LogP contribution in [-0.2, 0) is 16.6 Å². The van der Waals surface area contributed by atoms with Crippen LogP contribution >= 0.6 is 0 Å². The molecule has 0 atom stereocenters. The molecule has 1 aromatic carbocycles. The molecule has 0 bridgehead atoms. The SMILES string of the molecule is Cc1cc(C)c(S(=O)(=O)NCCCn2cccn2)c(C)c1. The van der Waals surface area contributed by atoms with E-state index in [1.54, 1.807) is 10.9 Å². The van der Waals surface area contributed by atoms with Crippen molar-refractivity contribution < 1.29 is 8.42 Å². The Labute approximate surface area is 126 Å². The van der Waals surface area contributed by atoms with Crippen molar-refractivity contribution in [2.24, 2.45) is 0 Å². The molecule has 0 radical (unpaired) electrons. The summed E-state index contributed by atoms with van der Waals surface area (Å²) in [5.74, 6) is 0. The van der Waals surface area contributed by atoms with E-state index in [-0.39, 0.29) is 0 Å². The number of aryl methyl sites for hydroxylation is 4. The number of nitrogens with zero attached hydrogens (tertiary/aromatic N) is 2. The Balaban J connectivity index is 2.02. The van der Waals surface area contributed by atoms with Crippen molar-refractivity contribution in [1.82, 2.24) is 14.5 Å². The van der Waals surface area contributed by atoms with Crippen LogP contribution in [0.15, 0.2) is 35.5 Å². The summed E-state index contributed by atoms with van der Waals surface area (Å²) in [6.45, 7) is 6.72. The fourth-order valence-corrected chi connectivity index (χ4v) is 4.07. The maximum absolute atomic E-state index is 12.4. The topological polar surface area (TPSA) is 64.0 Å². The van der Waals surface area contributed by atoms with Crippen LogP contribution < -0.4 is 4.72 Å². The summed E-state index contributed by atoms with van der Waals surface area (Å²) in [6, 6.07) is 5.64. The number of aromatic nitrogens is 2. The summed E-state index contributed by atoms with van der Waals surface area (Å²) >= 11 is 0. The molecule has 0 spiro atoms. The first-order chi connectivity index (χ1) is 9.90. The Bertz CT molecular complexity index is 684. The molecule has 114 valence electrons. The predicted molar refractivity (Wildman–Crippen MR) is 82.7 cm³/mol. The Morgan fingerprint density at radius 1 is 1.19 bits per heavy atom. The zero-order chi connectivity index (χ0) is 15.5. The van der Waals surface area contributed by atoms with Gasteiger partial charge in [-0.15, -0.1) is 0 Å². The van der Waals surface area contributed by atoms with Gasteiger partial charge in [-0.25, -0.2) is 13.1 Å². The second kappa shape index (κ2) is 6.41. The number of nitrogens with one attached hydrogen (secondary N) is 1. The molecule has 5 nitrogen and oxygen atoms in total. The highest BCUT2D eigenvalue weighted by molar-refractivity contribution is 7.89. The molecule has 21 heavy (non-hydrogen) atoms. The third-order valence-electron chi connectivity index (χ3n) is 3.29. The molecule has 0 saturated carbocycles. The van der Waals surface area contributed by atoms with Crippen LogP contribution in [0.1, 0.15) is 23.1 Å². The lowest BCUT2D eigenvalue weighted by molar-refractivity contribution is 0.552. The second-order valence-electron chi connectivity index (χ2n) is 5.25. The molecule has 1 aromatic heterocycles. The third-order valence-corrected chi connectivity index (χ3v) is 5.05. The van der Waals surface area contributed by atoms with Crippen molar-refractivity contribution in [3.63, 3.8) is 0 Å². The van der Waals surface area contributed by atoms with Crippen LogP contribution in [0.2, 0.25) is 0 Å². The summed E-state index contributed by atoms with van der Waals surface area (Å²) < 4.78 is 29.3. The number of rotatable bonds is 6. The van der Waals surface area contributed by atoms with Gasteiger partial charge in [0.25, 0.3) is 0 Å². The van der Waals surface area contributed by atoms with Gasteiger partial charge in [-0.1, -0.05) is 17.7 Å². The van der Waals surface area contributed by atoms with E-state index in [1.807, 2.05) is 45.2 Å². The van der Waals surface area contributed by atoms with E-state index < -0.39 is 10.0 Å². The minimum absolute atomic E-state index is 0.396. The largest absolute Gasteiger partial charge is 0.273 e. The smallest absolute Gasteiger partial charge is 0.241 e. The Morgan fingerprint density at radius 2 is 1.86 bits per heavy atom. The Kier molecular flexibility index (Phi) is 4.80. The van der Waals surface area contributed by atoms with E-state index in [9.17, 15) is 8.42 Å². The molecule has 2 aromatic rings. The minimum Gasteiger partial charge on any atom is -0.273 e. The second-order valence-corrected chi connectivity index (χ2v) is 6.95. The zero-order valence-electron chi connectivity index (χ0n) is 12.6. The Hall–Kier alpha value is -1.66. The van der Waals surface area contributed by atoms with Gasteiger partial charge in [0, 0.05) is 25.5 Å². The summed E-state index contributed by atoms with van der Waals surface area (Å²) in [4.78, 5) is 0.396. The van der Waals surface area contributed by atoms with Crippen molar-refractivity contribution in [2.45, 2.75) is 38.6 Å². The first-order valence-electron chi connectivity index (χ1n) is 6.95. The van der Waals surface area contributed by atoms with Gasteiger partial charge < -0.3 is 0 Å². The highest BCUT2D eigenvalue weighted by atomic mass is 32.2. The van der Waals surface area contributed by atoms with Crippen LogP contribution in [0.5, 0.6) is 0 Å². The van der Waals surface area contributed by atoms with E-state index in [2.05, 4.69) is 9.82 Å². The summed E-state index contributed by atoms with van der Waals surface area (Å²) in [6.07, 6.45) is 4.27. The lowest BCUT2D eigenvalue weighted by Crippen LogP contribution is -2.27. The molecule has 0 unspecified atom stereocenters. The highest BCUT2D eigenvalue weighted by Gasteiger charge is 2.19. The van der Waals surface area contributed by atoms with Crippen LogP contribution in [0.25, 0.3) is 0 Å². The highest BCUT2D eigenvalue weighted by Crippen LogP contribution is 2.21. The minimum atomic E-state index is -3.46. The molecule has 1 N–H and O–H groups in total. The third kappa shape index (κ3) is 3.92. The fraction of sp³-hybridized carbons (Fsp3) is 0.400. The molecule has 2 rings (SSSR count). The van der Waals surface area contributed by atoms with Crippen LogP contribution in [0, 0.1) is 20.8 Å². The van der Waals surface area contributed by atoms with Crippen molar-refractivity contribution in [3.05, 3.63) is 47.3 Å². The Morgan fingerprint density at radius 3 is 2.43 bits per heavy atom.